The van der Waals surface area contributed by atoms with Crippen molar-refractivity contribution >= 4 is 17.1 Å². The summed E-state index contributed by atoms with van der Waals surface area (Å²) < 4.78 is 14.9. The molecule has 2 amide bonds. The normalized spacial score (nSPS) is 10.7. The van der Waals surface area contributed by atoms with Gasteiger partial charge in [0.1, 0.15) is 12.1 Å². The Kier molecular flexibility index (Phi) is 4.23. The highest BCUT2D eigenvalue weighted by atomic mass is 19.1. The maximum Gasteiger partial charge on any atom is 0.336 e. The molecule has 0 radical (unpaired) electrons. The molecule has 2 aromatic carbocycles. The van der Waals surface area contributed by atoms with Crippen LogP contribution in [0.5, 0.6) is 0 Å². The van der Waals surface area contributed by atoms with Gasteiger partial charge in [-0.25, -0.2) is 24.3 Å². The number of hydrogen-bond acceptors (Lipinski definition) is 2. The van der Waals surface area contributed by atoms with E-state index in [0.29, 0.717) is 13.1 Å². The lowest BCUT2D eigenvalue weighted by Crippen LogP contribution is -2.37. The molecule has 3 aromatic rings. The van der Waals surface area contributed by atoms with Gasteiger partial charge in [-0.05, 0) is 36.8 Å². The zero-order chi connectivity index (χ0) is 16.2. The molecule has 0 atom stereocenters. The van der Waals surface area contributed by atoms with Crippen LogP contribution in [0.15, 0.2) is 54.9 Å². The van der Waals surface area contributed by atoms with E-state index in [1.54, 1.807) is 28.0 Å². The average Bonchev–Trinajstić information content (AvgIpc) is 2.96. The third kappa shape index (κ3) is 3.31. The van der Waals surface area contributed by atoms with Crippen molar-refractivity contribution in [2.75, 3.05) is 12.0 Å². The van der Waals surface area contributed by atoms with E-state index in [4.69, 9.17) is 0 Å². The van der Waals surface area contributed by atoms with Crippen LogP contribution in [0, 0.1) is 5.82 Å². The van der Waals surface area contributed by atoms with Crippen molar-refractivity contribution < 1.29 is 9.18 Å². The van der Waals surface area contributed by atoms with Crippen LogP contribution in [0.25, 0.3) is 11.0 Å². The van der Waals surface area contributed by atoms with Gasteiger partial charge in [-0.2, -0.15) is 0 Å². The van der Waals surface area contributed by atoms with Crippen molar-refractivity contribution in [2.24, 2.45) is 0 Å². The number of para-hydroxylation sites is 2. The first-order valence-corrected chi connectivity index (χ1v) is 7.40. The molecule has 0 bridgehead atoms. The smallest absolute Gasteiger partial charge is 0.319 e. The van der Waals surface area contributed by atoms with Crippen LogP contribution in [0.3, 0.4) is 0 Å². The van der Waals surface area contributed by atoms with Gasteiger partial charge in [0, 0.05) is 13.1 Å². The van der Waals surface area contributed by atoms with E-state index >= 15 is 0 Å². The van der Waals surface area contributed by atoms with E-state index in [2.05, 4.69) is 10.4 Å². The Morgan fingerprint density at radius 3 is 2.87 bits per heavy atom. The van der Waals surface area contributed by atoms with Crippen molar-refractivity contribution in [1.82, 2.24) is 14.6 Å². The van der Waals surface area contributed by atoms with E-state index < -0.39 is 0 Å². The summed E-state index contributed by atoms with van der Waals surface area (Å²) in [4.78, 5) is 18.3. The third-order valence-corrected chi connectivity index (χ3v) is 3.60. The fourth-order valence-corrected chi connectivity index (χ4v) is 2.40. The minimum Gasteiger partial charge on any atom is -0.319 e. The van der Waals surface area contributed by atoms with Crippen molar-refractivity contribution in [2.45, 2.75) is 13.5 Å². The second kappa shape index (κ2) is 6.48. The summed E-state index contributed by atoms with van der Waals surface area (Å²) in [5.41, 5.74) is 5.17. The van der Waals surface area contributed by atoms with Crippen LogP contribution in [-0.2, 0) is 6.54 Å². The van der Waals surface area contributed by atoms with Crippen LogP contribution in [0.4, 0.5) is 9.18 Å². The Hall–Kier alpha value is -2.89. The average molecular weight is 312 g/mol. The summed E-state index contributed by atoms with van der Waals surface area (Å²) in [7, 11) is 0. The van der Waals surface area contributed by atoms with Crippen LogP contribution >= 0.6 is 0 Å². The fraction of sp³-hybridized carbons (Fsp3) is 0.176. The number of carbonyl (C=O) groups is 1. The first kappa shape index (κ1) is 15.0. The van der Waals surface area contributed by atoms with Gasteiger partial charge in [-0.3, -0.25) is 0 Å². The number of nitrogens with zero attached hydrogens (tertiary/aromatic N) is 3. The number of fused-ring (bicyclic) bond motifs is 1. The second-order valence-corrected chi connectivity index (χ2v) is 5.16. The molecular weight excluding hydrogens is 295 g/mol. The molecule has 0 unspecified atom stereocenters. The highest BCUT2D eigenvalue weighted by Gasteiger charge is 2.13. The topological polar surface area (TPSA) is 50.2 Å². The van der Waals surface area contributed by atoms with Crippen molar-refractivity contribution in [3.8, 4) is 0 Å². The fourth-order valence-electron chi connectivity index (χ4n) is 2.40. The summed E-state index contributed by atoms with van der Waals surface area (Å²) in [6, 6.07) is 13.5. The lowest BCUT2D eigenvalue weighted by Gasteiger charge is -2.22. The Bertz CT molecular complexity index is 830. The molecule has 0 aliphatic heterocycles. The van der Waals surface area contributed by atoms with Gasteiger partial charge < -0.3 is 4.90 Å². The lowest BCUT2D eigenvalue weighted by atomic mass is 10.2. The van der Waals surface area contributed by atoms with E-state index in [-0.39, 0.29) is 11.8 Å². The number of rotatable bonds is 4. The summed E-state index contributed by atoms with van der Waals surface area (Å²) in [5, 5.41) is 0. The van der Waals surface area contributed by atoms with E-state index in [0.717, 1.165) is 16.6 Å². The lowest BCUT2D eigenvalue weighted by molar-refractivity contribution is 0.209. The predicted molar refractivity (Wildman–Crippen MR) is 87.0 cm³/mol. The quantitative estimate of drug-likeness (QED) is 0.803. The standard InChI is InChI=1S/C17H17FN4O/c1-2-21(11-13-6-5-7-14(18)10-13)17(23)20-22-12-19-15-8-3-4-9-16(15)22/h3-10,12H,2,11H2,1H3,(H,20,23). The summed E-state index contributed by atoms with van der Waals surface area (Å²) in [6.07, 6.45) is 1.57. The van der Waals surface area contributed by atoms with Gasteiger partial charge in [0.05, 0.1) is 11.0 Å². The molecule has 0 saturated heterocycles. The van der Waals surface area contributed by atoms with Gasteiger partial charge in [0.25, 0.3) is 0 Å². The Balaban J connectivity index is 1.75. The molecular formula is C17H17FN4O. The zero-order valence-corrected chi connectivity index (χ0v) is 12.7. The largest absolute Gasteiger partial charge is 0.336 e. The van der Waals surface area contributed by atoms with Crippen LogP contribution in [-0.4, -0.2) is 27.1 Å². The number of carbonyl (C=O) groups excluding carboxylic acids is 1. The van der Waals surface area contributed by atoms with E-state index in [1.807, 2.05) is 31.2 Å². The maximum atomic E-state index is 13.3. The van der Waals surface area contributed by atoms with Crippen molar-refractivity contribution in [1.29, 1.82) is 0 Å². The van der Waals surface area contributed by atoms with E-state index in [1.165, 1.54) is 12.1 Å². The minimum absolute atomic E-state index is 0.264. The Morgan fingerprint density at radius 2 is 2.09 bits per heavy atom. The van der Waals surface area contributed by atoms with E-state index in [9.17, 15) is 9.18 Å². The summed E-state index contributed by atoms with van der Waals surface area (Å²) in [6.45, 7) is 2.73. The SMILES string of the molecule is CCN(Cc1cccc(F)c1)C(=O)Nn1cnc2ccccc21. The van der Waals surface area contributed by atoms with Crippen molar-refractivity contribution in [3.63, 3.8) is 0 Å². The van der Waals surface area contributed by atoms with Crippen LogP contribution < -0.4 is 5.43 Å². The molecule has 5 nitrogen and oxygen atoms in total. The summed E-state index contributed by atoms with van der Waals surface area (Å²) in [5.74, 6) is -0.306. The monoisotopic (exact) mass is 312 g/mol. The van der Waals surface area contributed by atoms with Crippen LogP contribution in [0.1, 0.15) is 12.5 Å². The number of amides is 2. The van der Waals surface area contributed by atoms with Crippen molar-refractivity contribution in [3.05, 3.63) is 66.2 Å². The zero-order valence-electron chi connectivity index (χ0n) is 12.7. The molecule has 1 heterocycles. The molecule has 0 saturated carbocycles. The molecule has 23 heavy (non-hydrogen) atoms. The third-order valence-electron chi connectivity index (χ3n) is 3.60. The molecule has 1 N–H and O–H groups in total. The molecule has 6 heteroatoms. The minimum atomic E-state index is -0.306. The summed E-state index contributed by atoms with van der Waals surface area (Å²) >= 11 is 0. The number of halogens is 1. The predicted octanol–water partition coefficient (Wildman–Crippen LogP) is 3.36. The Labute approximate surface area is 133 Å². The van der Waals surface area contributed by atoms with Gasteiger partial charge in [0.15, 0.2) is 0 Å². The number of benzene rings is 2. The molecule has 0 aliphatic carbocycles. The molecule has 3 rings (SSSR count). The second-order valence-electron chi connectivity index (χ2n) is 5.16. The van der Waals surface area contributed by atoms with Gasteiger partial charge in [-0.15, -0.1) is 0 Å². The number of imidazole rings is 1. The number of aromatic nitrogens is 2. The molecule has 0 fully saturated rings. The molecule has 0 spiro atoms. The maximum absolute atomic E-state index is 13.3. The van der Waals surface area contributed by atoms with Crippen LogP contribution in [0.2, 0.25) is 0 Å². The Morgan fingerprint density at radius 1 is 1.26 bits per heavy atom. The molecule has 0 aliphatic rings. The van der Waals surface area contributed by atoms with Gasteiger partial charge in [-0.1, -0.05) is 24.3 Å². The first-order valence-electron chi connectivity index (χ1n) is 7.40. The molecule has 1 aromatic heterocycles. The number of nitrogens with one attached hydrogen (secondary N) is 1. The number of urea groups is 1. The molecule has 118 valence electrons. The van der Waals surface area contributed by atoms with Gasteiger partial charge in [0.2, 0.25) is 0 Å². The highest BCUT2D eigenvalue weighted by Crippen LogP contribution is 2.11. The highest BCUT2D eigenvalue weighted by molar-refractivity contribution is 5.85. The first-order chi connectivity index (χ1) is 11.2. The number of hydrogen-bond donors (Lipinski definition) is 1. The van der Waals surface area contributed by atoms with Gasteiger partial charge >= 0.3 is 6.03 Å².